The average Bonchev–Trinajstić information content (AvgIpc) is 2.73. The Balaban J connectivity index is 1.82. The number of nitrogens with zero attached hydrogens (tertiary/aromatic N) is 6. The lowest BCUT2D eigenvalue weighted by atomic mass is 10.1. The summed E-state index contributed by atoms with van der Waals surface area (Å²) in [5, 5.41) is 36.1. The van der Waals surface area contributed by atoms with E-state index in [9.17, 15) is 0 Å². The number of hydrogen-bond donors (Lipinski definition) is 0. The zero-order chi connectivity index (χ0) is 19.9. The SMILES string of the molecule is N#Cc1ccc(Oc2cc(Oc3ccc(C#N)c(C#N)c3)ncn2)cc1C#N. The largest absolute Gasteiger partial charge is 0.439 e. The Hall–Kier alpha value is -4.92. The van der Waals surface area contributed by atoms with Crippen molar-refractivity contribution in [2.75, 3.05) is 0 Å². The number of ether oxygens (including phenoxy) is 2. The van der Waals surface area contributed by atoms with Gasteiger partial charge in [-0.2, -0.15) is 21.0 Å². The van der Waals surface area contributed by atoms with Crippen LogP contribution in [0.4, 0.5) is 0 Å². The molecule has 2 aromatic carbocycles. The van der Waals surface area contributed by atoms with Gasteiger partial charge in [-0.25, -0.2) is 9.97 Å². The van der Waals surface area contributed by atoms with Crippen molar-refractivity contribution in [1.82, 2.24) is 9.97 Å². The van der Waals surface area contributed by atoms with Gasteiger partial charge in [-0.05, 0) is 36.4 Å². The van der Waals surface area contributed by atoms with Crippen molar-refractivity contribution in [3.8, 4) is 47.5 Å². The monoisotopic (exact) mass is 364 g/mol. The summed E-state index contributed by atoms with van der Waals surface area (Å²) < 4.78 is 11.2. The Labute approximate surface area is 159 Å². The van der Waals surface area contributed by atoms with E-state index in [2.05, 4.69) is 9.97 Å². The molecule has 3 aromatic rings. The van der Waals surface area contributed by atoms with Crippen molar-refractivity contribution in [3.05, 3.63) is 71.0 Å². The fraction of sp³-hybridized carbons (Fsp3) is 0. The molecular weight excluding hydrogens is 356 g/mol. The van der Waals surface area contributed by atoms with E-state index in [1.165, 1.54) is 36.7 Å². The number of rotatable bonds is 4. The van der Waals surface area contributed by atoms with Gasteiger partial charge in [-0.3, -0.25) is 0 Å². The molecule has 0 radical (unpaired) electrons. The predicted molar refractivity (Wildman–Crippen MR) is 93.9 cm³/mol. The van der Waals surface area contributed by atoms with Crippen molar-refractivity contribution in [2.45, 2.75) is 0 Å². The second kappa shape index (κ2) is 7.97. The zero-order valence-electron chi connectivity index (χ0n) is 14.1. The summed E-state index contributed by atoms with van der Waals surface area (Å²) in [6.07, 6.45) is 1.23. The Morgan fingerprint density at radius 1 is 0.571 bits per heavy atom. The lowest BCUT2D eigenvalue weighted by Gasteiger charge is -2.08. The third kappa shape index (κ3) is 3.83. The molecule has 0 atom stereocenters. The van der Waals surface area contributed by atoms with Crippen LogP contribution in [0.1, 0.15) is 22.3 Å². The molecule has 8 nitrogen and oxygen atoms in total. The van der Waals surface area contributed by atoms with E-state index in [4.69, 9.17) is 30.5 Å². The summed E-state index contributed by atoms with van der Waals surface area (Å²) in [6, 6.07) is 18.0. The molecule has 28 heavy (non-hydrogen) atoms. The molecule has 0 saturated heterocycles. The summed E-state index contributed by atoms with van der Waals surface area (Å²) in [7, 11) is 0. The highest BCUT2D eigenvalue weighted by Gasteiger charge is 2.09. The van der Waals surface area contributed by atoms with E-state index in [1.54, 1.807) is 12.1 Å². The molecule has 0 aliphatic carbocycles. The lowest BCUT2D eigenvalue weighted by Crippen LogP contribution is -1.94. The molecule has 0 spiro atoms. The van der Waals surface area contributed by atoms with Crippen LogP contribution in [0.3, 0.4) is 0 Å². The Morgan fingerprint density at radius 3 is 1.39 bits per heavy atom. The molecular formula is C20H8N6O2. The van der Waals surface area contributed by atoms with Crippen molar-refractivity contribution >= 4 is 0 Å². The van der Waals surface area contributed by atoms with Gasteiger partial charge in [0.1, 0.15) is 42.1 Å². The minimum atomic E-state index is 0.160. The van der Waals surface area contributed by atoms with Gasteiger partial charge >= 0.3 is 0 Å². The number of benzene rings is 2. The lowest BCUT2D eigenvalue weighted by molar-refractivity contribution is 0.433. The molecule has 0 N–H and O–H groups in total. The normalized spacial score (nSPS) is 9.29. The highest BCUT2D eigenvalue weighted by molar-refractivity contribution is 5.51. The Kier molecular flexibility index (Phi) is 5.09. The molecule has 0 bridgehead atoms. The van der Waals surface area contributed by atoms with Gasteiger partial charge in [-0.15, -0.1) is 0 Å². The van der Waals surface area contributed by atoms with Crippen molar-refractivity contribution in [1.29, 1.82) is 21.0 Å². The first kappa shape index (κ1) is 17.9. The first-order chi connectivity index (χ1) is 13.7. The average molecular weight is 364 g/mol. The van der Waals surface area contributed by atoms with E-state index in [0.29, 0.717) is 11.5 Å². The standard InChI is InChI=1S/C20H8N6O2/c21-8-13-1-3-17(5-15(13)10-23)27-19-7-20(26-12-25-19)28-18-4-2-14(9-22)16(6-18)11-24/h1-7,12H. The Morgan fingerprint density at radius 2 is 1.00 bits per heavy atom. The topological polar surface area (TPSA) is 139 Å². The van der Waals surface area contributed by atoms with Crippen LogP contribution in [0.2, 0.25) is 0 Å². The van der Waals surface area contributed by atoms with Crippen LogP contribution < -0.4 is 9.47 Å². The fourth-order valence-electron chi connectivity index (χ4n) is 2.23. The maximum Gasteiger partial charge on any atom is 0.226 e. The smallest absolute Gasteiger partial charge is 0.226 e. The third-order valence-electron chi connectivity index (χ3n) is 3.53. The predicted octanol–water partition coefficient (Wildman–Crippen LogP) is 3.55. The minimum Gasteiger partial charge on any atom is -0.439 e. The maximum atomic E-state index is 9.08. The molecule has 0 aliphatic rings. The van der Waals surface area contributed by atoms with Crippen LogP contribution in [-0.2, 0) is 0 Å². The summed E-state index contributed by atoms with van der Waals surface area (Å²) in [4.78, 5) is 7.96. The van der Waals surface area contributed by atoms with Crippen molar-refractivity contribution in [2.24, 2.45) is 0 Å². The van der Waals surface area contributed by atoms with Crippen molar-refractivity contribution in [3.63, 3.8) is 0 Å². The second-order valence-electron chi connectivity index (χ2n) is 5.26. The summed E-state index contributed by atoms with van der Waals surface area (Å²) in [5.74, 6) is 0.969. The summed E-state index contributed by atoms with van der Waals surface area (Å²) >= 11 is 0. The zero-order valence-corrected chi connectivity index (χ0v) is 14.1. The molecule has 3 rings (SSSR count). The second-order valence-corrected chi connectivity index (χ2v) is 5.26. The van der Waals surface area contributed by atoms with Crippen LogP contribution in [-0.4, -0.2) is 9.97 Å². The first-order valence-corrected chi connectivity index (χ1v) is 7.73. The number of nitriles is 4. The van der Waals surface area contributed by atoms with Crippen LogP contribution >= 0.6 is 0 Å². The first-order valence-electron chi connectivity index (χ1n) is 7.73. The van der Waals surface area contributed by atoms with E-state index in [1.807, 2.05) is 24.3 Å². The van der Waals surface area contributed by atoms with Gasteiger partial charge < -0.3 is 9.47 Å². The third-order valence-corrected chi connectivity index (χ3v) is 3.53. The van der Waals surface area contributed by atoms with Gasteiger partial charge in [0.15, 0.2) is 0 Å². The maximum absolute atomic E-state index is 9.08. The van der Waals surface area contributed by atoms with Crippen LogP contribution in [0.15, 0.2) is 48.8 Å². The molecule has 1 heterocycles. The van der Waals surface area contributed by atoms with E-state index < -0.39 is 0 Å². The molecule has 0 saturated carbocycles. The van der Waals surface area contributed by atoms with E-state index in [0.717, 1.165) is 0 Å². The Bertz CT molecular complexity index is 1130. The van der Waals surface area contributed by atoms with Crippen LogP contribution in [0.25, 0.3) is 0 Å². The van der Waals surface area contributed by atoms with Gasteiger partial charge in [0.25, 0.3) is 0 Å². The molecule has 0 fully saturated rings. The molecule has 0 aliphatic heterocycles. The highest BCUT2D eigenvalue weighted by atomic mass is 16.5. The molecule has 1 aromatic heterocycles. The van der Waals surface area contributed by atoms with Crippen LogP contribution in [0.5, 0.6) is 23.3 Å². The highest BCUT2D eigenvalue weighted by Crippen LogP contribution is 2.27. The quantitative estimate of drug-likeness (QED) is 0.684. The van der Waals surface area contributed by atoms with Crippen LogP contribution in [0, 0.1) is 45.3 Å². The van der Waals surface area contributed by atoms with Gasteiger partial charge in [0.05, 0.1) is 28.3 Å². The van der Waals surface area contributed by atoms with Gasteiger partial charge in [0.2, 0.25) is 11.8 Å². The molecule has 0 amide bonds. The van der Waals surface area contributed by atoms with Gasteiger partial charge in [-0.1, -0.05) is 0 Å². The van der Waals surface area contributed by atoms with E-state index in [-0.39, 0.29) is 34.0 Å². The molecule has 130 valence electrons. The number of aromatic nitrogens is 2. The van der Waals surface area contributed by atoms with Gasteiger partial charge in [0, 0.05) is 0 Å². The number of hydrogen-bond acceptors (Lipinski definition) is 8. The van der Waals surface area contributed by atoms with Crippen molar-refractivity contribution < 1.29 is 9.47 Å². The summed E-state index contributed by atoms with van der Waals surface area (Å²) in [6.45, 7) is 0. The molecule has 0 unspecified atom stereocenters. The fourth-order valence-corrected chi connectivity index (χ4v) is 2.23. The minimum absolute atomic E-state index is 0.160. The summed E-state index contributed by atoms with van der Waals surface area (Å²) in [5.41, 5.74) is 0.866. The van der Waals surface area contributed by atoms with E-state index >= 15 is 0 Å². The molecule has 8 heteroatoms.